The van der Waals surface area contributed by atoms with E-state index in [1.54, 1.807) is 0 Å². The summed E-state index contributed by atoms with van der Waals surface area (Å²) in [6, 6.07) is 8.28. The first kappa shape index (κ1) is 11.0. The molecule has 1 fully saturated rings. The lowest BCUT2D eigenvalue weighted by Gasteiger charge is -2.44. The van der Waals surface area contributed by atoms with Gasteiger partial charge in [-0.05, 0) is 18.1 Å². The SMILES string of the molecule is CCCCC1(c2ccccc2Cl)CNC1. The van der Waals surface area contributed by atoms with E-state index in [1.165, 1.54) is 24.8 Å². The van der Waals surface area contributed by atoms with E-state index in [1.807, 2.05) is 12.1 Å². The van der Waals surface area contributed by atoms with Gasteiger partial charge in [0.05, 0.1) is 0 Å². The van der Waals surface area contributed by atoms with Gasteiger partial charge in [-0.2, -0.15) is 0 Å². The summed E-state index contributed by atoms with van der Waals surface area (Å²) in [5.74, 6) is 0. The van der Waals surface area contributed by atoms with Crippen LogP contribution in [0.1, 0.15) is 31.7 Å². The number of rotatable bonds is 4. The quantitative estimate of drug-likeness (QED) is 0.826. The molecular weight excluding hydrogens is 206 g/mol. The highest BCUT2D eigenvalue weighted by molar-refractivity contribution is 6.31. The lowest BCUT2D eigenvalue weighted by Crippen LogP contribution is -2.56. The Bertz CT molecular complexity index is 331. The first-order valence-corrected chi connectivity index (χ1v) is 6.12. The van der Waals surface area contributed by atoms with Gasteiger partial charge in [0.1, 0.15) is 0 Å². The average molecular weight is 224 g/mol. The molecule has 0 bridgehead atoms. The summed E-state index contributed by atoms with van der Waals surface area (Å²) in [5.41, 5.74) is 1.65. The lowest BCUT2D eigenvalue weighted by molar-refractivity contribution is 0.251. The van der Waals surface area contributed by atoms with Crippen molar-refractivity contribution < 1.29 is 0 Å². The van der Waals surface area contributed by atoms with Crippen molar-refractivity contribution in [2.45, 2.75) is 31.6 Å². The van der Waals surface area contributed by atoms with Gasteiger partial charge in [-0.25, -0.2) is 0 Å². The maximum atomic E-state index is 6.27. The van der Waals surface area contributed by atoms with E-state index in [4.69, 9.17) is 11.6 Å². The van der Waals surface area contributed by atoms with E-state index in [9.17, 15) is 0 Å². The third-order valence-corrected chi connectivity index (χ3v) is 3.71. The fraction of sp³-hybridized carbons (Fsp3) is 0.538. The van der Waals surface area contributed by atoms with E-state index in [0.29, 0.717) is 5.41 Å². The summed E-state index contributed by atoms with van der Waals surface area (Å²) in [7, 11) is 0. The van der Waals surface area contributed by atoms with Crippen molar-refractivity contribution in [1.29, 1.82) is 0 Å². The molecular formula is C13H18ClN. The standard InChI is InChI=1S/C13H18ClN/c1-2-3-8-13(9-15-10-13)11-6-4-5-7-12(11)14/h4-7,15H,2-3,8-10H2,1H3. The van der Waals surface area contributed by atoms with Crippen LogP contribution in [0.5, 0.6) is 0 Å². The zero-order valence-corrected chi connectivity index (χ0v) is 9.98. The molecule has 15 heavy (non-hydrogen) atoms. The topological polar surface area (TPSA) is 12.0 Å². The van der Waals surface area contributed by atoms with Gasteiger partial charge >= 0.3 is 0 Å². The molecule has 1 aliphatic rings. The van der Waals surface area contributed by atoms with Crippen LogP contribution < -0.4 is 5.32 Å². The van der Waals surface area contributed by atoms with Crippen LogP contribution in [0.4, 0.5) is 0 Å². The lowest BCUT2D eigenvalue weighted by atomic mass is 9.71. The Morgan fingerprint density at radius 2 is 2.07 bits per heavy atom. The van der Waals surface area contributed by atoms with E-state index < -0.39 is 0 Å². The van der Waals surface area contributed by atoms with Gasteiger partial charge in [0, 0.05) is 23.5 Å². The molecule has 0 atom stereocenters. The van der Waals surface area contributed by atoms with Gasteiger partial charge in [-0.1, -0.05) is 49.6 Å². The summed E-state index contributed by atoms with van der Waals surface area (Å²) in [6.07, 6.45) is 3.79. The number of nitrogens with one attached hydrogen (secondary N) is 1. The van der Waals surface area contributed by atoms with E-state index >= 15 is 0 Å². The number of halogens is 1. The van der Waals surface area contributed by atoms with Gasteiger partial charge in [0.15, 0.2) is 0 Å². The summed E-state index contributed by atoms with van der Waals surface area (Å²) in [6.45, 7) is 4.40. The molecule has 0 saturated carbocycles. The summed E-state index contributed by atoms with van der Waals surface area (Å²) >= 11 is 6.27. The number of hydrogen-bond acceptors (Lipinski definition) is 1. The second-order valence-electron chi connectivity index (χ2n) is 4.47. The van der Waals surface area contributed by atoms with Crippen molar-refractivity contribution in [3.63, 3.8) is 0 Å². The van der Waals surface area contributed by atoms with Gasteiger partial charge < -0.3 is 5.32 Å². The van der Waals surface area contributed by atoms with Gasteiger partial charge in [-0.15, -0.1) is 0 Å². The molecule has 1 aliphatic heterocycles. The van der Waals surface area contributed by atoms with Gasteiger partial charge in [0.25, 0.3) is 0 Å². The second-order valence-corrected chi connectivity index (χ2v) is 4.87. The molecule has 0 unspecified atom stereocenters. The minimum absolute atomic E-state index is 0.314. The maximum absolute atomic E-state index is 6.27. The molecule has 0 amide bonds. The van der Waals surface area contributed by atoms with E-state index in [0.717, 1.165) is 18.1 Å². The third-order valence-electron chi connectivity index (χ3n) is 3.38. The Morgan fingerprint density at radius 3 is 2.60 bits per heavy atom. The van der Waals surface area contributed by atoms with Crippen molar-refractivity contribution in [3.8, 4) is 0 Å². The minimum atomic E-state index is 0.314. The highest BCUT2D eigenvalue weighted by Crippen LogP contribution is 2.37. The Balaban J connectivity index is 2.22. The van der Waals surface area contributed by atoms with Crippen molar-refractivity contribution in [2.24, 2.45) is 0 Å². The van der Waals surface area contributed by atoms with Crippen molar-refractivity contribution in [3.05, 3.63) is 34.9 Å². The molecule has 82 valence electrons. The molecule has 1 aromatic rings. The van der Waals surface area contributed by atoms with Crippen LogP contribution in [0.2, 0.25) is 5.02 Å². The molecule has 2 rings (SSSR count). The molecule has 0 aromatic heterocycles. The monoisotopic (exact) mass is 223 g/mol. The molecule has 1 aromatic carbocycles. The van der Waals surface area contributed by atoms with Crippen LogP contribution in [0.3, 0.4) is 0 Å². The molecule has 0 aliphatic carbocycles. The fourth-order valence-electron chi connectivity index (χ4n) is 2.34. The van der Waals surface area contributed by atoms with Crippen LogP contribution in [0.25, 0.3) is 0 Å². The zero-order valence-electron chi connectivity index (χ0n) is 9.22. The average Bonchev–Trinajstić information content (AvgIpc) is 2.19. The van der Waals surface area contributed by atoms with Gasteiger partial charge in [-0.3, -0.25) is 0 Å². The minimum Gasteiger partial charge on any atom is -0.315 e. The van der Waals surface area contributed by atoms with Crippen LogP contribution in [-0.2, 0) is 5.41 Å². The van der Waals surface area contributed by atoms with Crippen molar-refractivity contribution in [1.82, 2.24) is 5.32 Å². The van der Waals surface area contributed by atoms with Crippen molar-refractivity contribution >= 4 is 11.6 Å². The molecule has 1 saturated heterocycles. The zero-order chi connectivity index (χ0) is 10.7. The summed E-state index contributed by atoms with van der Waals surface area (Å²) < 4.78 is 0. The van der Waals surface area contributed by atoms with Crippen LogP contribution >= 0.6 is 11.6 Å². The first-order valence-electron chi connectivity index (χ1n) is 5.74. The number of hydrogen-bond donors (Lipinski definition) is 1. The number of benzene rings is 1. The molecule has 0 spiro atoms. The highest BCUT2D eigenvalue weighted by Gasteiger charge is 2.38. The highest BCUT2D eigenvalue weighted by atomic mass is 35.5. The normalized spacial score (nSPS) is 18.5. The Kier molecular flexibility index (Phi) is 3.32. The summed E-state index contributed by atoms with van der Waals surface area (Å²) in [4.78, 5) is 0. The predicted molar refractivity (Wildman–Crippen MR) is 65.5 cm³/mol. The smallest absolute Gasteiger partial charge is 0.0444 e. The third kappa shape index (κ3) is 2.04. The molecule has 1 nitrogen and oxygen atoms in total. The van der Waals surface area contributed by atoms with Gasteiger partial charge in [0.2, 0.25) is 0 Å². The Hall–Kier alpha value is -0.530. The maximum Gasteiger partial charge on any atom is 0.0444 e. The molecule has 2 heteroatoms. The molecule has 1 heterocycles. The molecule has 1 N–H and O–H groups in total. The largest absolute Gasteiger partial charge is 0.315 e. The van der Waals surface area contributed by atoms with Crippen LogP contribution in [-0.4, -0.2) is 13.1 Å². The Morgan fingerprint density at radius 1 is 1.33 bits per heavy atom. The van der Waals surface area contributed by atoms with E-state index in [-0.39, 0.29) is 0 Å². The Labute approximate surface area is 96.8 Å². The van der Waals surface area contributed by atoms with Crippen LogP contribution in [0.15, 0.2) is 24.3 Å². The van der Waals surface area contributed by atoms with Crippen molar-refractivity contribution in [2.75, 3.05) is 13.1 Å². The summed E-state index contributed by atoms with van der Waals surface area (Å²) in [5, 5.41) is 4.30. The first-order chi connectivity index (χ1) is 7.28. The molecule has 0 radical (unpaired) electrons. The van der Waals surface area contributed by atoms with E-state index in [2.05, 4.69) is 24.4 Å². The fourth-order valence-corrected chi connectivity index (χ4v) is 2.67. The van der Waals surface area contributed by atoms with Crippen LogP contribution in [0, 0.1) is 0 Å². The predicted octanol–water partition coefficient (Wildman–Crippen LogP) is 3.37. The number of unbranched alkanes of at least 4 members (excludes halogenated alkanes) is 1. The second kappa shape index (κ2) is 4.54.